The van der Waals surface area contributed by atoms with E-state index in [4.69, 9.17) is 4.74 Å². The van der Waals surface area contributed by atoms with E-state index in [1.165, 1.54) is 29.6 Å². The van der Waals surface area contributed by atoms with Crippen molar-refractivity contribution >= 4 is 15.9 Å². The van der Waals surface area contributed by atoms with Gasteiger partial charge in [-0.15, -0.1) is 0 Å². The van der Waals surface area contributed by atoms with Crippen LogP contribution in [-0.4, -0.2) is 45.1 Å². The quantitative estimate of drug-likeness (QED) is 0.760. The smallest absolute Gasteiger partial charge is 0.254 e. The molecule has 0 bridgehead atoms. The van der Waals surface area contributed by atoms with Crippen molar-refractivity contribution in [1.82, 2.24) is 9.62 Å². The minimum Gasteiger partial charge on any atom is -0.496 e. The summed E-state index contributed by atoms with van der Waals surface area (Å²) >= 11 is 0. The van der Waals surface area contributed by atoms with Gasteiger partial charge in [0.2, 0.25) is 10.0 Å². The molecule has 0 fully saturated rings. The maximum atomic E-state index is 13.6. The fourth-order valence-electron chi connectivity index (χ4n) is 2.42. The molecule has 2 rings (SSSR count). The summed E-state index contributed by atoms with van der Waals surface area (Å²) < 4.78 is 44.2. The molecule has 26 heavy (non-hydrogen) atoms. The average Bonchev–Trinajstić information content (AvgIpc) is 2.60. The van der Waals surface area contributed by atoms with E-state index in [1.807, 2.05) is 0 Å². The Bertz CT molecular complexity index is 871. The van der Waals surface area contributed by atoms with Crippen molar-refractivity contribution in [1.29, 1.82) is 0 Å². The Kier molecular flexibility index (Phi) is 6.70. The molecule has 0 heterocycles. The number of carbonyl (C=O) groups is 1. The molecular formula is C18H21FN2O4S. The van der Waals surface area contributed by atoms with Crippen LogP contribution in [-0.2, 0) is 16.6 Å². The maximum Gasteiger partial charge on any atom is 0.254 e. The number of nitrogens with zero attached hydrogens (tertiary/aromatic N) is 1. The number of hydrogen-bond acceptors (Lipinski definition) is 4. The number of benzene rings is 2. The maximum absolute atomic E-state index is 13.6. The summed E-state index contributed by atoms with van der Waals surface area (Å²) in [5.41, 5.74) is 0.629. The third-order valence-electron chi connectivity index (χ3n) is 3.77. The zero-order valence-electron chi connectivity index (χ0n) is 14.6. The monoisotopic (exact) mass is 380 g/mol. The Hall–Kier alpha value is -2.45. The third-order valence-corrected chi connectivity index (χ3v) is 5.02. The second-order valence-electron chi connectivity index (χ2n) is 5.64. The number of halogens is 1. The molecule has 1 amide bonds. The van der Waals surface area contributed by atoms with Crippen molar-refractivity contribution in [3.63, 3.8) is 0 Å². The molecular weight excluding hydrogens is 359 g/mol. The number of nitrogens with one attached hydrogen (secondary N) is 1. The summed E-state index contributed by atoms with van der Waals surface area (Å²) in [4.78, 5) is 12.0. The standard InChI is InChI=1S/C18H21FN2O4S/c1-25-17-10-6-3-7-14(17)13-21(26(2,23)24)12-11-20-18(22)15-8-4-5-9-16(15)19/h3-10H,11-13H2,1-2H3,(H,20,22). The minimum atomic E-state index is -3.51. The van der Waals surface area contributed by atoms with Gasteiger partial charge in [-0.25, -0.2) is 12.8 Å². The average molecular weight is 380 g/mol. The molecule has 2 aromatic rings. The Morgan fingerprint density at radius 1 is 1.15 bits per heavy atom. The number of amides is 1. The van der Waals surface area contributed by atoms with Crippen molar-refractivity contribution < 1.29 is 22.3 Å². The van der Waals surface area contributed by atoms with Gasteiger partial charge in [-0.1, -0.05) is 30.3 Å². The van der Waals surface area contributed by atoms with Crippen molar-refractivity contribution in [2.24, 2.45) is 0 Å². The number of carbonyl (C=O) groups excluding carboxylic acids is 1. The largest absolute Gasteiger partial charge is 0.496 e. The van der Waals surface area contributed by atoms with E-state index in [9.17, 15) is 17.6 Å². The lowest BCUT2D eigenvalue weighted by molar-refractivity contribution is 0.0947. The molecule has 2 aromatic carbocycles. The van der Waals surface area contributed by atoms with E-state index in [2.05, 4.69) is 5.32 Å². The molecule has 140 valence electrons. The van der Waals surface area contributed by atoms with E-state index >= 15 is 0 Å². The molecule has 8 heteroatoms. The van der Waals surface area contributed by atoms with Gasteiger partial charge in [0.1, 0.15) is 11.6 Å². The van der Waals surface area contributed by atoms with E-state index in [1.54, 1.807) is 30.3 Å². The lowest BCUT2D eigenvalue weighted by Crippen LogP contribution is -2.38. The molecule has 6 nitrogen and oxygen atoms in total. The van der Waals surface area contributed by atoms with Crippen LogP contribution < -0.4 is 10.1 Å². The first-order valence-electron chi connectivity index (χ1n) is 7.92. The first-order chi connectivity index (χ1) is 12.3. The SMILES string of the molecule is COc1ccccc1CN(CCNC(=O)c1ccccc1F)S(C)(=O)=O. The predicted octanol–water partition coefficient (Wildman–Crippen LogP) is 2.03. The van der Waals surface area contributed by atoms with E-state index in [0.717, 1.165) is 6.26 Å². The molecule has 0 aliphatic rings. The number of rotatable bonds is 8. The van der Waals surface area contributed by atoms with Crippen LogP contribution in [0.25, 0.3) is 0 Å². The summed E-state index contributed by atoms with van der Waals surface area (Å²) in [6.07, 6.45) is 1.10. The van der Waals surface area contributed by atoms with Gasteiger partial charge in [-0.3, -0.25) is 4.79 Å². The number of ether oxygens (including phenoxy) is 1. The lowest BCUT2D eigenvalue weighted by atomic mass is 10.2. The highest BCUT2D eigenvalue weighted by atomic mass is 32.2. The van der Waals surface area contributed by atoms with Crippen LogP contribution in [0.2, 0.25) is 0 Å². The van der Waals surface area contributed by atoms with Crippen molar-refractivity contribution in [3.8, 4) is 5.75 Å². The zero-order valence-corrected chi connectivity index (χ0v) is 15.4. The fraction of sp³-hybridized carbons (Fsp3) is 0.278. The zero-order chi connectivity index (χ0) is 19.2. The Balaban J connectivity index is 2.03. The number of sulfonamides is 1. The fourth-order valence-corrected chi connectivity index (χ4v) is 3.22. The highest BCUT2D eigenvalue weighted by molar-refractivity contribution is 7.88. The van der Waals surface area contributed by atoms with Crippen LogP contribution in [0.4, 0.5) is 4.39 Å². The van der Waals surface area contributed by atoms with Gasteiger partial charge in [0.15, 0.2) is 0 Å². The highest BCUT2D eigenvalue weighted by Gasteiger charge is 2.19. The second-order valence-corrected chi connectivity index (χ2v) is 7.63. The van der Waals surface area contributed by atoms with E-state index < -0.39 is 21.7 Å². The first-order valence-corrected chi connectivity index (χ1v) is 9.77. The molecule has 0 atom stereocenters. The summed E-state index contributed by atoms with van der Waals surface area (Å²) in [7, 11) is -1.99. The number of para-hydroxylation sites is 1. The van der Waals surface area contributed by atoms with Gasteiger partial charge >= 0.3 is 0 Å². The van der Waals surface area contributed by atoms with E-state index in [-0.39, 0.29) is 25.2 Å². The Labute approximate surface area is 152 Å². The van der Waals surface area contributed by atoms with Crippen LogP contribution in [0, 0.1) is 5.82 Å². The minimum absolute atomic E-state index is 0.0510. The topological polar surface area (TPSA) is 75.7 Å². The van der Waals surface area contributed by atoms with Crippen LogP contribution in [0.15, 0.2) is 48.5 Å². The number of methoxy groups -OCH3 is 1. The van der Waals surface area contributed by atoms with Crippen LogP contribution in [0.3, 0.4) is 0 Å². The molecule has 0 unspecified atom stereocenters. The van der Waals surface area contributed by atoms with Gasteiger partial charge in [0.05, 0.1) is 18.9 Å². The van der Waals surface area contributed by atoms with Gasteiger partial charge in [-0.2, -0.15) is 4.31 Å². The second kappa shape index (κ2) is 8.77. The Morgan fingerprint density at radius 2 is 1.81 bits per heavy atom. The summed E-state index contributed by atoms with van der Waals surface area (Å²) in [5.74, 6) is -0.635. The molecule has 0 saturated carbocycles. The van der Waals surface area contributed by atoms with Crippen molar-refractivity contribution in [3.05, 3.63) is 65.5 Å². The first kappa shape index (κ1) is 19.9. The summed E-state index contributed by atoms with van der Waals surface area (Å²) in [6, 6.07) is 12.7. The highest BCUT2D eigenvalue weighted by Crippen LogP contribution is 2.20. The molecule has 1 N–H and O–H groups in total. The number of hydrogen-bond donors (Lipinski definition) is 1. The molecule has 0 aliphatic heterocycles. The Morgan fingerprint density at radius 3 is 2.46 bits per heavy atom. The van der Waals surface area contributed by atoms with Crippen LogP contribution in [0.1, 0.15) is 15.9 Å². The van der Waals surface area contributed by atoms with Gasteiger partial charge in [0, 0.05) is 25.2 Å². The molecule has 0 spiro atoms. The van der Waals surface area contributed by atoms with E-state index in [0.29, 0.717) is 11.3 Å². The molecule has 0 saturated heterocycles. The van der Waals surface area contributed by atoms with Crippen LogP contribution in [0.5, 0.6) is 5.75 Å². The third kappa shape index (κ3) is 5.27. The van der Waals surface area contributed by atoms with Gasteiger partial charge in [0.25, 0.3) is 5.91 Å². The molecule has 0 radical (unpaired) electrons. The van der Waals surface area contributed by atoms with Gasteiger partial charge < -0.3 is 10.1 Å². The van der Waals surface area contributed by atoms with Crippen LogP contribution >= 0.6 is 0 Å². The lowest BCUT2D eigenvalue weighted by Gasteiger charge is -2.21. The normalized spacial score (nSPS) is 11.4. The predicted molar refractivity (Wildman–Crippen MR) is 97.0 cm³/mol. The van der Waals surface area contributed by atoms with Crippen molar-refractivity contribution in [2.45, 2.75) is 6.54 Å². The summed E-state index contributed by atoms with van der Waals surface area (Å²) in [6.45, 7) is 0.213. The molecule has 0 aromatic heterocycles. The summed E-state index contributed by atoms with van der Waals surface area (Å²) in [5, 5.41) is 2.54. The van der Waals surface area contributed by atoms with Gasteiger partial charge in [-0.05, 0) is 18.2 Å². The molecule has 0 aliphatic carbocycles. The van der Waals surface area contributed by atoms with Crippen molar-refractivity contribution in [2.75, 3.05) is 26.5 Å².